The van der Waals surface area contributed by atoms with Gasteiger partial charge in [0.05, 0.1) is 13.0 Å². The van der Waals surface area contributed by atoms with Crippen LogP contribution in [0.25, 0.3) is 10.8 Å². The number of nitrogens with zero attached hydrogens (tertiary/aromatic N) is 2. The number of carbonyl (C=O) groups excluding carboxylic acids is 5. The van der Waals surface area contributed by atoms with Crippen molar-refractivity contribution < 1.29 is 33.4 Å². The molecule has 0 unspecified atom stereocenters. The standard InChI is InChI=1S/C43H63N5O7S/c1-27(2)36(48(8)42(52)39(28(3)4)47-38(50)17-11-10-14-22-44-7)25-37(55-30(6)49)41-46-35(26-56-41)40(51)45-34(23-29(5)43(53)54-9)21-19-31-18-20-32-15-12-13-16-33(32)24-31/h12-13,15-16,18,20,24,26-29,34,36-37,39,44H,10-11,14,17,19,21-23,25H2,1-9H3,(H,45,51)(H,47,50)/t29-,34-,36+,37+,39-/m0/s1. The zero-order valence-corrected chi connectivity index (χ0v) is 35.5. The third-order valence-corrected chi connectivity index (χ3v) is 11.1. The van der Waals surface area contributed by atoms with Gasteiger partial charge in [0, 0.05) is 44.3 Å². The summed E-state index contributed by atoms with van der Waals surface area (Å²) < 4.78 is 10.8. The summed E-state index contributed by atoms with van der Waals surface area (Å²) >= 11 is 1.21. The van der Waals surface area contributed by atoms with Crippen molar-refractivity contribution in [1.29, 1.82) is 0 Å². The first-order chi connectivity index (χ1) is 26.6. The Morgan fingerprint density at radius 2 is 1.61 bits per heavy atom. The fourth-order valence-electron chi connectivity index (χ4n) is 6.91. The topological polar surface area (TPSA) is 156 Å². The lowest BCUT2D eigenvalue weighted by Gasteiger charge is -2.36. The SMILES string of the molecule is CNCCCCCC(=O)N[C@H](C(=O)N(C)[C@H](C[C@@H](OC(C)=O)c1nc(C(=O)N[C@@H](CCc2ccc3ccccc3c2)C[C@H](C)C(=O)OC)cs1)C(C)C)C(C)C. The van der Waals surface area contributed by atoms with E-state index in [1.54, 1.807) is 24.3 Å². The molecule has 2 aromatic carbocycles. The molecule has 1 heterocycles. The second kappa shape index (κ2) is 23.0. The summed E-state index contributed by atoms with van der Waals surface area (Å²) in [5.41, 5.74) is 1.29. The Morgan fingerprint density at radius 1 is 0.893 bits per heavy atom. The molecule has 3 rings (SSSR count). The first kappa shape index (κ1) is 46.0. The van der Waals surface area contributed by atoms with Crippen molar-refractivity contribution in [2.45, 2.75) is 117 Å². The molecular formula is C43H63N5O7S. The molecular weight excluding hydrogens is 731 g/mol. The van der Waals surface area contributed by atoms with Crippen LogP contribution in [0.4, 0.5) is 0 Å². The van der Waals surface area contributed by atoms with E-state index >= 15 is 0 Å². The number of fused-ring (bicyclic) bond motifs is 1. The number of thiazole rings is 1. The van der Waals surface area contributed by atoms with E-state index < -0.39 is 29.9 Å². The maximum absolute atomic E-state index is 14.0. The Morgan fingerprint density at radius 3 is 2.25 bits per heavy atom. The van der Waals surface area contributed by atoms with Crippen LogP contribution in [0, 0.1) is 17.8 Å². The Bertz CT molecular complexity index is 1740. The molecule has 3 amide bonds. The summed E-state index contributed by atoms with van der Waals surface area (Å²) in [5.74, 6) is -2.28. The van der Waals surface area contributed by atoms with Gasteiger partial charge in [0.15, 0.2) is 6.10 Å². The minimum atomic E-state index is -0.825. The number of esters is 2. The average Bonchev–Trinajstić information content (AvgIpc) is 3.67. The lowest BCUT2D eigenvalue weighted by atomic mass is 9.94. The van der Waals surface area contributed by atoms with Gasteiger partial charge in [-0.25, -0.2) is 4.98 Å². The molecule has 1 aromatic heterocycles. The molecule has 3 N–H and O–H groups in total. The number of aromatic nitrogens is 1. The van der Waals surface area contributed by atoms with Gasteiger partial charge in [-0.2, -0.15) is 0 Å². The lowest BCUT2D eigenvalue weighted by Crippen LogP contribution is -2.54. The third kappa shape index (κ3) is 14.3. The predicted octanol–water partition coefficient (Wildman–Crippen LogP) is 6.62. The summed E-state index contributed by atoms with van der Waals surface area (Å²) in [6.07, 6.45) is 4.05. The molecule has 12 nitrogen and oxygen atoms in total. The van der Waals surface area contributed by atoms with Crippen molar-refractivity contribution in [2.24, 2.45) is 17.8 Å². The van der Waals surface area contributed by atoms with Crippen LogP contribution in [0.5, 0.6) is 0 Å². The van der Waals surface area contributed by atoms with Gasteiger partial charge < -0.3 is 30.3 Å². The second-order valence-electron chi connectivity index (χ2n) is 15.4. The zero-order valence-electron chi connectivity index (χ0n) is 34.7. The zero-order chi connectivity index (χ0) is 41.4. The van der Waals surface area contributed by atoms with Gasteiger partial charge >= 0.3 is 11.9 Å². The van der Waals surface area contributed by atoms with Crippen LogP contribution >= 0.6 is 11.3 Å². The summed E-state index contributed by atoms with van der Waals surface area (Å²) in [7, 11) is 4.97. The van der Waals surface area contributed by atoms with Crippen LogP contribution in [0.3, 0.4) is 0 Å². The molecule has 3 aromatic rings. The quantitative estimate of drug-likeness (QED) is 0.0709. The molecule has 0 aliphatic heterocycles. The number of aryl methyl sites for hydroxylation is 1. The van der Waals surface area contributed by atoms with E-state index in [0.717, 1.165) is 42.1 Å². The fraction of sp³-hybridized carbons (Fsp3) is 0.581. The van der Waals surface area contributed by atoms with Crippen LogP contribution in [0.15, 0.2) is 47.8 Å². The summed E-state index contributed by atoms with van der Waals surface area (Å²) in [6.45, 7) is 11.8. The van der Waals surface area contributed by atoms with Gasteiger partial charge in [0.1, 0.15) is 16.7 Å². The molecule has 308 valence electrons. The van der Waals surface area contributed by atoms with Crippen LogP contribution < -0.4 is 16.0 Å². The Kier molecular flexibility index (Phi) is 18.9. The highest BCUT2D eigenvalue weighted by Gasteiger charge is 2.35. The summed E-state index contributed by atoms with van der Waals surface area (Å²) in [4.78, 5) is 71.5. The Balaban J connectivity index is 1.76. The summed E-state index contributed by atoms with van der Waals surface area (Å²) in [6, 6.07) is 13.0. The molecule has 0 radical (unpaired) electrons. The minimum absolute atomic E-state index is 0.0411. The van der Waals surface area contributed by atoms with Crippen LogP contribution in [-0.4, -0.2) is 85.4 Å². The minimum Gasteiger partial charge on any atom is -0.469 e. The molecule has 0 bridgehead atoms. The van der Waals surface area contributed by atoms with Crippen molar-refractivity contribution >= 4 is 51.8 Å². The number of nitrogens with one attached hydrogen (secondary N) is 3. The molecule has 56 heavy (non-hydrogen) atoms. The number of unbranched alkanes of at least 4 members (excludes halogenated alkanes) is 2. The van der Waals surface area contributed by atoms with E-state index in [1.165, 1.54) is 25.4 Å². The van der Waals surface area contributed by atoms with E-state index in [0.29, 0.717) is 30.7 Å². The number of rotatable bonds is 23. The number of hydrogen-bond donors (Lipinski definition) is 3. The highest BCUT2D eigenvalue weighted by molar-refractivity contribution is 7.09. The molecule has 0 fully saturated rings. The first-order valence-corrected chi connectivity index (χ1v) is 20.7. The van der Waals surface area contributed by atoms with Crippen LogP contribution in [0.1, 0.15) is 114 Å². The van der Waals surface area contributed by atoms with Gasteiger partial charge in [-0.1, -0.05) is 83.5 Å². The number of methoxy groups -OCH3 is 1. The maximum atomic E-state index is 14.0. The second-order valence-corrected chi connectivity index (χ2v) is 16.3. The molecule has 0 saturated carbocycles. The van der Waals surface area contributed by atoms with E-state index in [-0.39, 0.29) is 53.8 Å². The van der Waals surface area contributed by atoms with Crippen LogP contribution in [-0.2, 0) is 35.1 Å². The fourth-order valence-corrected chi connectivity index (χ4v) is 7.75. The number of likely N-dealkylation sites (N-methyl/N-ethyl adjacent to an activating group) is 1. The first-order valence-electron chi connectivity index (χ1n) is 19.8. The molecule has 5 atom stereocenters. The Labute approximate surface area is 336 Å². The average molecular weight is 794 g/mol. The van der Waals surface area contributed by atoms with Gasteiger partial charge in [0.2, 0.25) is 11.8 Å². The summed E-state index contributed by atoms with van der Waals surface area (Å²) in [5, 5.41) is 13.5. The van der Waals surface area contributed by atoms with Crippen molar-refractivity contribution in [2.75, 3.05) is 27.7 Å². The van der Waals surface area contributed by atoms with Gasteiger partial charge in [-0.3, -0.25) is 24.0 Å². The van der Waals surface area contributed by atoms with Crippen LogP contribution in [0.2, 0.25) is 0 Å². The number of carbonyl (C=O) groups is 5. The third-order valence-electron chi connectivity index (χ3n) is 10.2. The van der Waals surface area contributed by atoms with Gasteiger partial charge in [0.25, 0.3) is 5.91 Å². The molecule has 0 saturated heterocycles. The number of ether oxygens (including phenoxy) is 2. The normalized spacial score (nSPS) is 14.1. The largest absolute Gasteiger partial charge is 0.469 e. The number of benzene rings is 2. The van der Waals surface area contributed by atoms with Crippen molar-refractivity contribution in [1.82, 2.24) is 25.8 Å². The van der Waals surface area contributed by atoms with E-state index in [1.807, 2.05) is 46.9 Å². The number of amides is 3. The number of hydrogen-bond acceptors (Lipinski definition) is 10. The van der Waals surface area contributed by atoms with Crippen molar-refractivity contribution in [3.63, 3.8) is 0 Å². The van der Waals surface area contributed by atoms with Gasteiger partial charge in [-0.15, -0.1) is 11.3 Å². The van der Waals surface area contributed by atoms with E-state index in [9.17, 15) is 24.0 Å². The smallest absolute Gasteiger partial charge is 0.308 e. The molecule has 0 spiro atoms. The lowest BCUT2D eigenvalue weighted by molar-refractivity contribution is -0.149. The van der Waals surface area contributed by atoms with E-state index in [2.05, 4.69) is 51.3 Å². The molecule has 0 aliphatic carbocycles. The Hall–Kier alpha value is -4.36. The monoisotopic (exact) mass is 793 g/mol. The maximum Gasteiger partial charge on any atom is 0.308 e. The molecule has 0 aliphatic rings. The highest BCUT2D eigenvalue weighted by atomic mass is 32.1. The van der Waals surface area contributed by atoms with Gasteiger partial charge in [-0.05, 0) is 73.9 Å². The predicted molar refractivity (Wildman–Crippen MR) is 221 cm³/mol. The highest BCUT2D eigenvalue weighted by Crippen LogP contribution is 2.31. The van der Waals surface area contributed by atoms with Crippen molar-refractivity contribution in [3.8, 4) is 0 Å². The van der Waals surface area contributed by atoms with E-state index in [4.69, 9.17) is 9.47 Å². The van der Waals surface area contributed by atoms with Crippen molar-refractivity contribution in [3.05, 3.63) is 64.1 Å². The molecule has 13 heteroatoms.